The van der Waals surface area contributed by atoms with Crippen molar-refractivity contribution in [2.45, 2.75) is 78.7 Å². The second-order valence-electron chi connectivity index (χ2n) is 15.7. The van der Waals surface area contributed by atoms with Crippen molar-refractivity contribution in [1.29, 1.82) is 0 Å². The van der Waals surface area contributed by atoms with Gasteiger partial charge in [-0.1, -0.05) is 65.0 Å². The Hall–Kier alpha value is -6.23. The van der Waals surface area contributed by atoms with E-state index in [1.807, 2.05) is 51.1 Å². The van der Waals surface area contributed by atoms with Gasteiger partial charge >= 0.3 is 5.97 Å². The lowest BCUT2D eigenvalue weighted by Crippen LogP contribution is -2.57. The zero-order valence-electron chi connectivity index (χ0n) is 33.7. The van der Waals surface area contributed by atoms with E-state index in [9.17, 15) is 48.2 Å². The van der Waals surface area contributed by atoms with E-state index in [0.717, 1.165) is 35.9 Å². The molecule has 0 saturated heterocycles. The summed E-state index contributed by atoms with van der Waals surface area (Å²) >= 11 is 0. The first-order valence-corrected chi connectivity index (χ1v) is 19.0. The van der Waals surface area contributed by atoms with Crippen LogP contribution < -0.4 is 16.0 Å². The number of carbonyl (C=O) groups is 7. The smallest absolute Gasteiger partial charge is 0.326 e. The molecule has 4 rings (SSSR count). The van der Waals surface area contributed by atoms with Crippen molar-refractivity contribution in [3.05, 3.63) is 95.8 Å². The average Bonchev–Trinajstić information content (AvgIpc) is 3.72. The third kappa shape index (κ3) is 11.7. The van der Waals surface area contributed by atoms with Gasteiger partial charge in [-0.15, -0.1) is 0 Å². The molecule has 316 valence electrons. The molecule has 5 N–H and O–H groups in total. The molecule has 0 fully saturated rings. The van der Waals surface area contributed by atoms with Crippen molar-refractivity contribution in [2.75, 3.05) is 19.7 Å². The van der Waals surface area contributed by atoms with Crippen LogP contribution in [0.2, 0.25) is 0 Å². The molecule has 15 nitrogen and oxygen atoms in total. The number of aliphatic hydroxyl groups excluding tert-OH is 1. The summed E-state index contributed by atoms with van der Waals surface area (Å²) in [5.41, 5.74) is 0.840. The number of hydrogen-bond acceptors (Lipinski definition) is 8. The first-order valence-electron chi connectivity index (χ1n) is 19.0. The van der Waals surface area contributed by atoms with Gasteiger partial charge in [0.15, 0.2) is 0 Å². The summed E-state index contributed by atoms with van der Waals surface area (Å²) in [6.07, 6.45) is 3.31. The lowest BCUT2D eigenvalue weighted by Gasteiger charge is -2.41. The number of rotatable bonds is 18. The Labute approximate surface area is 340 Å². The Morgan fingerprint density at radius 2 is 1.51 bits per heavy atom. The zero-order chi connectivity index (χ0) is 43.8. The molecule has 1 aliphatic rings. The van der Waals surface area contributed by atoms with Crippen LogP contribution in [0.15, 0.2) is 72.9 Å². The number of hydrogen-bond donors (Lipinski definition) is 5. The highest BCUT2D eigenvalue weighted by molar-refractivity contribution is 6.14. The molecule has 2 heterocycles. The first-order chi connectivity index (χ1) is 27.7. The van der Waals surface area contributed by atoms with Crippen molar-refractivity contribution in [3.8, 4) is 11.1 Å². The molecular formula is C42H50F2N6O9. The summed E-state index contributed by atoms with van der Waals surface area (Å²) in [5.74, 6) is -7.91. The second-order valence-corrected chi connectivity index (χ2v) is 15.7. The molecule has 0 spiro atoms. The fraction of sp³-hybridized carbons (Fsp3) is 0.405. The Bertz CT molecular complexity index is 2080. The quantitative estimate of drug-likeness (QED) is 0.120. The van der Waals surface area contributed by atoms with E-state index >= 15 is 4.39 Å². The minimum Gasteiger partial charge on any atom is -0.480 e. The highest BCUT2D eigenvalue weighted by atomic mass is 19.1. The molecule has 1 aromatic heterocycles. The third-order valence-electron chi connectivity index (χ3n) is 9.73. The molecule has 2 aromatic carbocycles. The van der Waals surface area contributed by atoms with Gasteiger partial charge < -0.3 is 35.6 Å². The summed E-state index contributed by atoms with van der Waals surface area (Å²) in [7, 11) is 0. The number of carboxylic acids is 1. The minimum atomic E-state index is -1.59. The van der Waals surface area contributed by atoms with Crippen LogP contribution in [0, 0.1) is 23.0 Å². The normalized spacial score (nSPS) is 14.8. The topological polar surface area (TPSA) is 207 Å². The molecule has 0 bridgehead atoms. The Kier molecular flexibility index (Phi) is 15.0. The molecule has 0 saturated carbocycles. The molecule has 1 aliphatic heterocycles. The predicted octanol–water partition coefficient (Wildman–Crippen LogP) is 2.92. The molecule has 17 heteroatoms. The Morgan fingerprint density at radius 1 is 0.864 bits per heavy atom. The van der Waals surface area contributed by atoms with Crippen LogP contribution in [0.4, 0.5) is 8.78 Å². The van der Waals surface area contributed by atoms with E-state index in [1.54, 1.807) is 30.7 Å². The van der Waals surface area contributed by atoms with Gasteiger partial charge in [0, 0.05) is 48.3 Å². The number of aromatic nitrogens is 1. The van der Waals surface area contributed by atoms with Gasteiger partial charge in [-0.3, -0.25) is 33.7 Å². The number of aliphatic carboxylic acids is 1. The average molecular weight is 821 g/mol. The Morgan fingerprint density at radius 3 is 2.08 bits per heavy atom. The van der Waals surface area contributed by atoms with Crippen LogP contribution in [0.25, 0.3) is 11.1 Å². The van der Waals surface area contributed by atoms with E-state index in [0.29, 0.717) is 16.2 Å². The molecule has 0 radical (unpaired) electrons. The fourth-order valence-corrected chi connectivity index (χ4v) is 6.78. The van der Waals surface area contributed by atoms with Gasteiger partial charge in [-0.05, 0) is 54.5 Å². The lowest BCUT2D eigenvalue weighted by atomic mass is 9.82. The van der Waals surface area contributed by atoms with E-state index in [4.69, 9.17) is 0 Å². The standard InChI is InChI=1S/C42H50F2N6O9/c1-24(2)37(47-33(52)22-50-34(53)14-15-35(50)54)40(57)45-25(3)39(56)46-31(41(58)59)16-17-49(36(55)23-51)38(42(4,5)6)32-18-27(29-19-28(43)12-13-30(29)44)21-48(32)20-26-10-8-7-9-11-26/h7-15,18-19,21,24-25,31,37-38,51H,16-17,20,22-23H2,1-6H3,(H,45,57)(H,46,56)(H,47,52)(H,58,59). The molecular weight excluding hydrogens is 770 g/mol. The maximum Gasteiger partial charge on any atom is 0.326 e. The number of carboxylic acid groups (broad SMARTS) is 1. The summed E-state index contributed by atoms with van der Waals surface area (Å²) in [4.78, 5) is 91.0. The van der Waals surface area contributed by atoms with Gasteiger partial charge in [0.25, 0.3) is 11.8 Å². The molecule has 6 amide bonds. The van der Waals surface area contributed by atoms with Crippen LogP contribution in [0.1, 0.15) is 65.3 Å². The van der Waals surface area contributed by atoms with Crippen LogP contribution in [-0.2, 0) is 40.1 Å². The van der Waals surface area contributed by atoms with Gasteiger partial charge in [0.05, 0.1) is 6.04 Å². The minimum absolute atomic E-state index is 0.0182. The second kappa shape index (κ2) is 19.5. The van der Waals surface area contributed by atoms with Gasteiger partial charge in [-0.2, -0.15) is 0 Å². The van der Waals surface area contributed by atoms with Crippen molar-refractivity contribution >= 4 is 41.4 Å². The summed E-state index contributed by atoms with van der Waals surface area (Å²) in [6, 6.07) is 8.99. The number of imide groups is 1. The van der Waals surface area contributed by atoms with E-state index in [1.165, 1.54) is 11.8 Å². The van der Waals surface area contributed by atoms with Gasteiger partial charge in [0.2, 0.25) is 23.6 Å². The molecule has 59 heavy (non-hydrogen) atoms. The number of halogens is 2. The van der Waals surface area contributed by atoms with Crippen LogP contribution >= 0.6 is 0 Å². The third-order valence-corrected chi connectivity index (χ3v) is 9.73. The van der Waals surface area contributed by atoms with Crippen LogP contribution in [-0.4, -0.2) is 104 Å². The summed E-state index contributed by atoms with van der Waals surface area (Å²) in [5, 5.41) is 27.6. The highest BCUT2D eigenvalue weighted by Crippen LogP contribution is 2.41. The molecule has 3 aromatic rings. The van der Waals surface area contributed by atoms with Gasteiger partial charge in [0.1, 0.15) is 42.9 Å². The number of nitrogens with zero attached hydrogens (tertiary/aromatic N) is 3. The SMILES string of the molecule is CC(NC(=O)C(NC(=O)CN1C(=O)C=CC1=O)C(C)C)C(=O)NC(CCN(C(=O)CO)C(c1cc(-c2cc(F)ccc2F)cn1Cc1ccccc1)C(C)(C)C)C(=O)O. The highest BCUT2D eigenvalue weighted by Gasteiger charge is 2.38. The summed E-state index contributed by atoms with van der Waals surface area (Å²) < 4.78 is 31.3. The van der Waals surface area contributed by atoms with Gasteiger partial charge in [-0.25, -0.2) is 13.6 Å². The molecule has 4 atom stereocenters. The van der Waals surface area contributed by atoms with Crippen molar-refractivity contribution in [3.63, 3.8) is 0 Å². The Balaban J connectivity index is 1.56. The van der Waals surface area contributed by atoms with Crippen molar-refractivity contribution in [1.82, 2.24) is 30.3 Å². The summed E-state index contributed by atoms with van der Waals surface area (Å²) in [6.45, 7) is 8.41. The zero-order valence-corrected chi connectivity index (χ0v) is 33.7. The monoisotopic (exact) mass is 820 g/mol. The number of nitrogens with one attached hydrogen (secondary N) is 3. The largest absolute Gasteiger partial charge is 0.480 e. The predicted molar refractivity (Wildman–Crippen MR) is 211 cm³/mol. The maximum absolute atomic E-state index is 15.1. The molecule has 4 unspecified atom stereocenters. The number of benzene rings is 2. The van der Waals surface area contributed by atoms with E-state index in [2.05, 4.69) is 16.0 Å². The van der Waals surface area contributed by atoms with Crippen LogP contribution in [0.3, 0.4) is 0 Å². The van der Waals surface area contributed by atoms with E-state index < -0.39 is 102 Å². The maximum atomic E-state index is 15.1. The molecule has 0 aliphatic carbocycles. The van der Waals surface area contributed by atoms with Crippen LogP contribution in [0.5, 0.6) is 0 Å². The van der Waals surface area contributed by atoms with Crippen molar-refractivity contribution < 1.29 is 52.6 Å². The number of aliphatic hydroxyl groups is 1. The number of carbonyl (C=O) groups excluding carboxylic acids is 6. The number of amides is 6. The first kappa shape index (κ1) is 45.5. The lowest BCUT2D eigenvalue weighted by molar-refractivity contribution is -0.144. The van der Waals surface area contributed by atoms with Crippen molar-refractivity contribution in [2.24, 2.45) is 11.3 Å². The fourth-order valence-electron chi connectivity index (χ4n) is 6.78. The van der Waals surface area contributed by atoms with E-state index in [-0.39, 0.29) is 25.1 Å².